The van der Waals surface area contributed by atoms with Crippen molar-refractivity contribution in [3.8, 4) is 11.3 Å². The Morgan fingerprint density at radius 3 is 2.79 bits per heavy atom. The summed E-state index contributed by atoms with van der Waals surface area (Å²) in [6, 6.07) is 12.0. The highest BCUT2D eigenvalue weighted by molar-refractivity contribution is 7.99. The quantitative estimate of drug-likeness (QED) is 0.628. The van der Waals surface area contributed by atoms with Gasteiger partial charge in [0.15, 0.2) is 5.65 Å². The maximum atomic E-state index is 13.7. The molecule has 0 aliphatic carbocycles. The van der Waals surface area contributed by atoms with Crippen LogP contribution in [-0.4, -0.2) is 49.7 Å². The van der Waals surface area contributed by atoms with Crippen LogP contribution in [0.4, 0.5) is 0 Å². The first-order chi connectivity index (χ1) is 14.1. The lowest BCUT2D eigenvalue weighted by Gasteiger charge is -2.24. The number of carbonyl (C=O) groups is 1. The first-order valence-electron chi connectivity index (χ1n) is 10.4. The van der Waals surface area contributed by atoms with Gasteiger partial charge in [0.25, 0.3) is 5.91 Å². The number of hydrogen-bond donors (Lipinski definition) is 0. The minimum atomic E-state index is 0.106. The summed E-state index contributed by atoms with van der Waals surface area (Å²) in [6.45, 7) is 5.80. The molecule has 152 valence electrons. The molecule has 1 amide bonds. The van der Waals surface area contributed by atoms with Crippen LogP contribution in [0.25, 0.3) is 22.3 Å². The number of pyridine rings is 1. The summed E-state index contributed by atoms with van der Waals surface area (Å²) in [5.41, 5.74) is 4.17. The number of rotatable bonds is 4. The van der Waals surface area contributed by atoms with Gasteiger partial charge in [-0.3, -0.25) is 9.48 Å². The van der Waals surface area contributed by atoms with E-state index in [-0.39, 0.29) is 5.91 Å². The molecule has 29 heavy (non-hydrogen) atoms. The Labute approximate surface area is 176 Å². The third-order valence-electron chi connectivity index (χ3n) is 5.59. The van der Waals surface area contributed by atoms with Gasteiger partial charge in [-0.05, 0) is 31.6 Å². The van der Waals surface area contributed by atoms with E-state index >= 15 is 0 Å². The number of likely N-dealkylation sites (tertiary alicyclic amines) is 1. The largest absolute Gasteiger partial charge is 0.338 e. The van der Waals surface area contributed by atoms with Crippen LogP contribution in [0.2, 0.25) is 0 Å². The first-order valence-corrected chi connectivity index (χ1v) is 11.4. The van der Waals surface area contributed by atoms with Crippen LogP contribution in [-0.2, 0) is 7.05 Å². The highest BCUT2D eigenvalue weighted by atomic mass is 32.2. The zero-order chi connectivity index (χ0) is 20.4. The van der Waals surface area contributed by atoms with Crippen LogP contribution in [0.15, 0.2) is 36.4 Å². The van der Waals surface area contributed by atoms with Crippen LogP contribution in [0, 0.1) is 6.92 Å². The van der Waals surface area contributed by atoms with E-state index in [4.69, 9.17) is 4.98 Å². The summed E-state index contributed by atoms with van der Waals surface area (Å²) >= 11 is 1.97. The number of fused-ring (bicyclic) bond motifs is 1. The number of carbonyl (C=O) groups excluding carboxylic acids is 1. The van der Waals surface area contributed by atoms with E-state index in [0.29, 0.717) is 5.25 Å². The van der Waals surface area contributed by atoms with Gasteiger partial charge in [0.1, 0.15) is 0 Å². The summed E-state index contributed by atoms with van der Waals surface area (Å²) < 4.78 is 1.78. The van der Waals surface area contributed by atoms with Gasteiger partial charge in [-0.2, -0.15) is 16.9 Å². The molecule has 0 saturated carbocycles. The second kappa shape index (κ2) is 8.57. The van der Waals surface area contributed by atoms with Crippen molar-refractivity contribution in [3.63, 3.8) is 0 Å². The summed E-state index contributed by atoms with van der Waals surface area (Å²) in [5, 5.41) is 5.95. The van der Waals surface area contributed by atoms with Crippen molar-refractivity contribution in [2.45, 2.75) is 38.4 Å². The number of hydrogen-bond acceptors (Lipinski definition) is 4. The normalized spacial score (nSPS) is 17.5. The van der Waals surface area contributed by atoms with Crippen LogP contribution in [0.3, 0.4) is 0 Å². The number of benzene rings is 1. The molecule has 1 fully saturated rings. The van der Waals surface area contributed by atoms with Crippen LogP contribution >= 0.6 is 11.8 Å². The van der Waals surface area contributed by atoms with Crippen LogP contribution in [0.5, 0.6) is 0 Å². The highest BCUT2D eigenvalue weighted by Gasteiger charge is 2.26. The van der Waals surface area contributed by atoms with E-state index < -0.39 is 0 Å². The first kappa shape index (κ1) is 20.0. The minimum Gasteiger partial charge on any atom is -0.338 e. The monoisotopic (exact) mass is 408 g/mol. The van der Waals surface area contributed by atoms with Crippen molar-refractivity contribution in [3.05, 3.63) is 47.7 Å². The van der Waals surface area contributed by atoms with Crippen molar-refractivity contribution in [2.24, 2.45) is 7.05 Å². The molecule has 6 heteroatoms. The number of nitrogens with zero attached hydrogens (tertiary/aromatic N) is 4. The van der Waals surface area contributed by atoms with Gasteiger partial charge in [-0.1, -0.05) is 43.7 Å². The molecule has 1 aromatic carbocycles. The number of aromatic nitrogens is 3. The Kier molecular flexibility index (Phi) is 5.90. The van der Waals surface area contributed by atoms with E-state index in [9.17, 15) is 4.79 Å². The fraction of sp³-hybridized carbons (Fsp3) is 0.435. The SMILES string of the molecule is CCSC1CCCCN(C(=O)c2cc(-c3ccccc3)nc3c2c(C)nn3C)C1. The zero-order valence-corrected chi connectivity index (χ0v) is 18.2. The minimum absolute atomic E-state index is 0.106. The van der Waals surface area contributed by atoms with Crippen molar-refractivity contribution in [1.29, 1.82) is 0 Å². The van der Waals surface area contributed by atoms with Gasteiger partial charge in [0.05, 0.1) is 22.3 Å². The van der Waals surface area contributed by atoms with Crippen molar-refractivity contribution in [2.75, 3.05) is 18.8 Å². The van der Waals surface area contributed by atoms with Gasteiger partial charge in [-0.25, -0.2) is 4.98 Å². The maximum absolute atomic E-state index is 13.7. The van der Waals surface area contributed by atoms with Gasteiger partial charge in [0.2, 0.25) is 0 Å². The summed E-state index contributed by atoms with van der Waals surface area (Å²) in [4.78, 5) is 20.6. The molecule has 0 N–H and O–H groups in total. The van der Waals surface area contributed by atoms with Gasteiger partial charge >= 0.3 is 0 Å². The average molecular weight is 409 g/mol. The number of aryl methyl sites for hydroxylation is 2. The van der Waals surface area contributed by atoms with Gasteiger partial charge in [-0.15, -0.1) is 0 Å². The molecule has 0 spiro atoms. The smallest absolute Gasteiger partial charge is 0.254 e. The van der Waals surface area contributed by atoms with Gasteiger partial charge in [0, 0.05) is 31.0 Å². The van der Waals surface area contributed by atoms with E-state index in [0.717, 1.165) is 58.8 Å². The molecule has 1 aliphatic heterocycles. The molecule has 1 aliphatic rings. The molecule has 0 bridgehead atoms. The highest BCUT2D eigenvalue weighted by Crippen LogP contribution is 2.29. The molecular weight excluding hydrogens is 380 g/mol. The van der Waals surface area contributed by atoms with Crippen molar-refractivity contribution < 1.29 is 4.79 Å². The summed E-state index contributed by atoms with van der Waals surface area (Å²) in [5.74, 6) is 1.20. The molecule has 3 aromatic rings. The summed E-state index contributed by atoms with van der Waals surface area (Å²) in [7, 11) is 1.89. The zero-order valence-electron chi connectivity index (χ0n) is 17.4. The summed E-state index contributed by atoms with van der Waals surface area (Å²) in [6.07, 6.45) is 3.45. The van der Waals surface area contributed by atoms with E-state index in [1.807, 2.05) is 62.1 Å². The molecule has 1 unspecified atom stereocenters. The second-order valence-corrected chi connectivity index (χ2v) is 9.23. The van der Waals surface area contributed by atoms with E-state index in [1.165, 1.54) is 12.8 Å². The molecule has 0 radical (unpaired) electrons. The lowest BCUT2D eigenvalue weighted by molar-refractivity contribution is 0.0765. The fourth-order valence-electron chi connectivity index (χ4n) is 4.20. The molecule has 2 aromatic heterocycles. The van der Waals surface area contributed by atoms with Crippen LogP contribution < -0.4 is 0 Å². The Morgan fingerprint density at radius 1 is 1.24 bits per heavy atom. The number of amides is 1. The standard InChI is InChI=1S/C23H28N4OS/c1-4-29-18-12-8-9-13-27(15-18)23(28)19-14-20(17-10-6-5-7-11-17)24-22-21(19)16(2)25-26(22)3/h5-7,10-11,14,18H,4,8-9,12-13,15H2,1-3H3. The lowest BCUT2D eigenvalue weighted by atomic mass is 10.0. The fourth-order valence-corrected chi connectivity index (χ4v) is 5.29. The van der Waals surface area contributed by atoms with E-state index in [2.05, 4.69) is 16.9 Å². The van der Waals surface area contributed by atoms with Crippen molar-refractivity contribution >= 4 is 28.7 Å². The van der Waals surface area contributed by atoms with Gasteiger partial charge < -0.3 is 4.90 Å². The molecule has 3 heterocycles. The lowest BCUT2D eigenvalue weighted by Crippen LogP contribution is -2.35. The third-order valence-corrected chi connectivity index (χ3v) is 6.78. The predicted molar refractivity (Wildman–Crippen MR) is 120 cm³/mol. The Morgan fingerprint density at radius 2 is 2.03 bits per heavy atom. The maximum Gasteiger partial charge on any atom is 0.254 e. The molecule has 1 atom stereocenters. The molecule has 4 rings (SSSR count). The topological polar surface area (TPSA) is 51.0 Å². The number of thioether (sulfide) groups is 1. The Balaban J connectivity index is 1.80. The van der Waals surface area contributed by atoms with E-state index in [1.54, 1.807) is 4.68 Å². The predicted octanol–water partition coefficient (Wildman–Crippen LogP) is 4.69. The van der Waals surface area contributed by atoms with Crippen molar-refractivity contribution in [1.82, 2.24) is 19.7 Å². The third kappa shape index (κ3) is 4.04. The van der Waals surface area contributed by atoms with Crippen LogP contribution in [0.1, 0.15) is 42.2 Å². The second-order valence-electron chi connectivity index (χ2n) is 7.65. The average Bonchev–Trinajstić information content (AvgIpc) is 2.90. The molecule has 1 saturated heterocycles. The Hall–Kier alpha value is -2.34. The molecular formula is C23H28N4OS. The Bertz CT molecular complexity index is 1010. The molecule has 5 nitrogen and oxygen atoms in total.